The average Bonchev–Trinajstić information content (AvgIpc) is 3.02. The molecule has 1 aromatic rings. The summed E-state index contributed by atoms with van der Waals surface area (Å²) in [4.78, 5) is 2.46. The Morgan fingerprint density at radius 2 is 2.00 bits per heavy atom. The second-order valence-corrected chi connectivity index (χ2v) is 6.21. The van der Waals surface area contributed by atoms with E-state index in [1.807, 2.05) is 0 Å². The molecule has 2 heterocycles. The predicted molar refractivity (Wildman–Crippen MR) is 83.3 cm³/mol. The lowest BCUT2D eigenvalue weighted by molar-refractivity contribution is 0.0384. The predicted octanol–water partition coefficient (Wildman–Crippen LogP) is 1.81. The maximum atomic E-state index is 5.36. The van der Waals surface area contributed by atoms with Crippen LogP contribution in [0.25, 0.3) is 0 Å². The average molecular weight is 292 g/mol. The van der Waals surface area contributed by atoms with Crippen molar-refractivity contribution in [3.63, 3.8) is 0 Å². The number of rotatable bonds is 6. The number of hydrogen-bond donors (Lipinski definition) is 1. The molecular formula is C16H28N4O. The monoisotopic (exact) mass is 292 g/mol. The first-order valence-electron chi connectivity index (χ1n) is 8.47. The number of ether oxygens (including phenoxy) is 1. The zero-order valence-corrected chi connectivity index (χ0v) is 13.0. The molecule has 0 radical (unpaired) electrons. The Morgan fingerprint density at radius 3 is 2.81 bits per heavy atom. The molecule has 5 heteroatoms. The van der Waals surface area contributed by atoms with Crippen molar-refractivity contribution < 1.29 is 4.74 Å². The van der Waals surface area contributed by atoms with Crippen molar-refractivity contribution >= 4 is 0 Å². The van der Waals surface area contributed by atoms with E-state index in [4.69, 9.17) is 9.84 Å². The van der Waals surface area contributed by atoms with Gasteiger partial charge in [-0.3, -0.25) is 9.58 Å². The smallest absolute Gasteiger partial charge is 0.0762 e. The van der Waals surface area contributed by atoms with Crippen LogP contribution in [0.1, 0.15) is 43.8 Å². The van der Waals surface area contributed by atoms with E-state index in [1.54, 1.807) is 0 Å². The highest BCUT2D eigenvalue weighted by Gasteiger charge is 2.16. The standard InChI is InChI=1S/C16H28N4O/c1-2-4-16(5-3-1)20-8-6-15(18-20)14-17-7-9-19-10-12-21-13-11-19/h6,8,16-17H,1-5,7,9-14H2. The van der Waals surface area contributed by atoms with Crippen molar-refractivity contribution in [2.24, 2.45) is 0 Å². The van der Waals surface area contributed by atoms with Crippen molar-refractivity contribution in [3.8, 4) is 0 Å². The van der Waals surface area contributed by atoms with E-state index in [-0.39, 0.29) is 0 Å². The van der Waals surface area contributed by atoms with Crippen LogP contribution in [0.3, 0.4) is 0 Å². The number of morpholine rings is 1. The van der Waals surface area contributed by atoms with Crippen LogP contribution in [0.4, 0.5) is 0 Å². The molecule has 1 saturated heterocycles. The van der Waals surface area contributed by atoms with Gasteiger partial charge in [0.25, 0.3) is 0 Å². The Kier molecular flexibility index (Phi) is 5.66. The molecule has 1 aliphatic carbocycles. The lowest BCUT2D eigenvalue weighted by atomic mass is 9.96. The fourth-order valence-electron chi connectivity index (χ4n) is 3.30. The molecule has 0 bridgehead atoms. The Bertz CT molecular complexity index is 408. The first-order chi connectivity index (χ1) is 10.4. The van der Waals surface area contributed by atoms with Crippen LogP contribution in [0.15, 0.2) is 12.3 Å². The molecule has 2 fully saturated rings. The van der Waals surface area contributed by atoms with Gasteiger partial charge in [-0.15, -0.1) is 0 Å². The van der Waals surface area contributed by atoms with E-state index in [9.17, 15) is 0 Å². The van der Waals surface area contributed by atoms with Gasteiger partial charge in [0.1, 0.15) is 0 Å². The normalized spacial score (nSPS) is 21.7. The van der Waals surface area contributed by atoms with Gasteiger partial charge in [0, 0.05) is 38.9 Å². The van der Waals surface area contributed by atoms with Crippen molar-refractivity contribution in [2.45, 2.75) is 44.7 Å². The maximum absolute atomic E-state index is 5.36. The highest BCUT2D eigenvalue weighted by Crippen LogP contribution is 2.27. The number of aromatic nitrogens is 2. The van der Waals surface area contributed by atoms with Crippen LogP contribution < -0.4 is 5.32 Å². The summed E-state index contributed by atoms with van der Waals surface area (Å²) >= 11 is 0. The molecule has 1 aliphatic heterocycles. The largest absolute Gasteiger partial charge is 0.379 e. The summed E-state index contributed by atoms with van der Waals surface area (Å²) in [5.74, 6) is 0. The first kappa shape index (κ1) is 15.0. The van der Waals surface area contributed by atoms with Crippen LogP contribution in [0, 0.1) is 0 Å². The second-order valence-electron chi connectivity index (χ2n) is 6.21. The molecular weight excluding hydrogens is 264 g/mol. The summed E-state index contributed by atoms with van der Waals surface area (Å²) in [5.41, 5.74) is 1.17. The van der Waals surface area contributed by atoms with Crippen molar-refractivity contribution in [3.05, 3.63) is 18.0 Å². The van der Waals surface area contributed by atoms with Crippen molar-refractivity contribution in [1.82, 2.24) is 20.0 Å². The van der Waals surface area contributed by atoms with E-state index in [2.05, 4.69) is 27.2 Å². The molecule has 3 rings (SSSR count). The van der Waals surface area contributed by atoms with E-state index in [1.165, 1.54) is 37.8 Å². The van der Waals surface area contributed by atoms with Gasteiger partial charge in [-0.05, 0) is 18.9 Å². The van der Waals surface area contributed by atoms with Gasteiger partial charge < -0.3 is 10.1 Å². The fraction of sp³-hybridized carbons (Fsp3) is 0.812. The van der Waals surface area contributed by atoms with Crippen LogP contribution in [0.2, 0.25) is 0 Å². The molecule has 21 heavy (non-hydrogen) atoms. The third-order valence-electron chi connectivity index (χ3n) is 4.63. The van der Waals surface area contributed by atoms with Gasteiger partial charge in [0.05, 0.1) is 24.9 Å². The molecule has 0 aromatic carbocycles. The topological polar surface area (TPSA) is 42.3 Å². The summed E-state index contributed by atoms with van der Waals surface area (Å²) in [6, 6.07) is 2.80. The molecule has 1 N–H and O–H groups in total. The molecule has 5 nitrogen and oxygen atoms in total. The van der Waals surface area contributed by atoms with Crippen molar-refractivity contribution in [1.29, 1.82) is 0 Å². The zero-order chi connectivity index (χ0) is 14.3. The Labute approximate surface area is 127 Å². The summed E-state index contributed by atoms with van der Waals surface area (Å²) < 4.78 is 7.55. The van der Waals surface area contributed by atoms with Crippen LogP contribution in [-0.2, 0) is 11.3 Å². The quantitative estimate of drug-likeness (QED) is 0.812. The zero-order valence-electron chi connectivity index (χ0n) is 13.0. The number of nitrogens with one attached hydrogen (secondary N) is 1. The third-order valence-corrected chi connectivity index (χ3v) is 4.63. The molecule has 1 saturated carbocycles. The minimum absolute atomic E-state index is 0.640. The number of hydrogen-bond acceptors (Lipinski definition) is 4. The summed E-state index contributed by atoms with van der Waals surface area (Å²) in [7, 11) is 0. The summed E-state index contributed by atoms with van der Waals surface area (Å²) in [6.07, 6.45) is 8.87. The van der Waals surface area contributed by atoms with Gasteiger partial charge in [-0.1, -0.05) is 19.3 Å². The molecule has 0 atom stereocenters. The summed E-state index contributed by atoms with van der Waals surface area (Å²) in [5, 5.41) is 8.25. The van der Waals surface area contributed by atoms with Gasteiger partial charge >= 0.3 is 0 Å². The van der Waals surface area contributed by atoms with Crippen LogP contribution in [-0.4, -0.2) is 54.1 Å². The van der Waals surface area contributed by atoms with Gasteiger partial charge in [-0.2, -0.15) is 5.10 Å². The SMILES string of the molecule is c1cn(C2CCCCC2)nc1CNCCN1CCOCC1. The minimum Gasteiger partial charge on any atom is -0.379 e. The fourth-order valence-corrected chi connectivity index (χ4v) is 3.30. The Morgan fingerprint density at radius 1 is 1.19 bits per heavy atom. The lowest BCUT2D eigenvalue weighted by Crippen LogP contribution is -2.40. The molecule has 0 spiro atoms. The first-order valence-corrected chi connectivity index (χ1v) is 8.47. The van der Waals surface area contributed by atoms with E-state index >= 15 is 0 Å². The van der Waals surface area contributed by atoms with E-state index < -0.39 is 0 Å². The van der Waals surface area contributed by atoms with Crippen LogP contribution >= 0.6 is 0 Å². The molecule has 0 amide bonds. The molecule has 118 valence electrons. The Hall–Kier alpha value is -0.910. The van der Waals surface area contributed by atoms with Gasteiger partial charge in [0.2, 0.25) is 0 Å². The third kappa shape index (κ3) is 4.53. The highest BCUT2D eigenvalue weighted by atomic mass is 16.5. The number of nitrogens with zero attached hydrogens (tertiary/aromatic N) is 3. The van der Waals surface area contributed by atoms with Crippen LogP contribution in [0.5, 0.6) is 0 Å². The molecule has 0 unspecified atom stereocenters. The summed E-state index contributed by atoms with van der Waals surface area (Å²) in [6.45, 7) is 6.90. The van der Waals surface area contributed by atoms with E-state index in [0.29, 0.717) is 6.04 Å². The highest BCUT2D eigenvalue weighted by molar-refractivity contribution is 4.99. The van der Waals surface area contributed by atoms with Gasteiger partial charge in [-0.25, -0.2) is 0 Å². The minimum atomic E-state index is 0.640. The molecule has 2 aliphatic rings. The van der Waals surface area contributed by atoms with E-state index in [0.717, 1.165) is 45.9 Å². The lowest BCUT2D eigenvalue weighted by Gasteiger charge is -2.26. The Balaban J connectivity index is 1.36. The van der Waals surface area contributed by atoms with Crippen molar-refractivity contribution in [2.75, 3.05) is 39.4 Å². The molecule has 1 aromatic heterocycles. The second kappa shape index (κ2) is 7.92. The van der Waals surface area contributed by atoms with Gasteiger partial charge in [0.15, 0.2) is 0 Å². The maximum Gasteiger partial charge on any atom is 0.0762 e.